The Morgan fingerprint density at radius 2 is 2.11 bits per heavy atom. The Labute approximate surface area is 199 Å². The van der Waals surface area contributed by atoms with Crippen LogP contribution < -0.4 is 10.5 Å². The molecule has 1 aliphatic heterocycles. The van der Waals surface area contributed by atoms with Gasteiger partial charge in [0.25, 0.3) is 5.69 Å². The van der Waals surface area contributed by atoms with Crippen LogP contribution in [0.4, 0.5) is 25.5 Å². The minimum absolute atomic E-state index is 0.0506. The summed E-state index contributed by atoms with van der Waals surface area (Å²) in [6.07, 6.45) is 0.189. The van der Waals surface area contributed by atoms with E-state index in [0.717, 1.165) is 12.1 Å². The van der Waals surface area contributed by atoms with Crippen molar-refractivity contribution in [1.82, 2.24) is 19.5 Å². The summed E-state index contributed by atoms with van der Waals surface area (Å²) in [5.74, 6) is 1.96. The maximum absolute atomic E-state index is 13.7. The summed E-state index contributed by atoms with van der Waals surface area (Å²) in [4.78, 5) is 44.6. The number of anilines is 1. The van der Waals surface area contributed by atoms with Gasteiger partial charge in [0.1, 0.15) is 18.6 Å². The molecule has 1 fully saturated rings. The van der Waals surface area contributed by atoms with Gasteiger partial charge in [-0.2, -0.15) is 14.4 Å². The molecule has 3 aromatic rings. The van der Waals surface area contributed by atoms with E-state index in [9.17, 15) is 24.1 Å². The number of hydrogen-bond acceptors (Lipinski definition) is 12. The van der Waals surface area contributed by atoms with Crippen molar-refractivity contribution in [1.29, 1.82) is 0 Å². The van der Waals surface area contributed by atoms with E-state index < -0.39 is 47.9 Å². The molecule has 3 heterocycles. The molecule has 3 N–H and O–H groups in total. The van der Waals surface area contributed by atoms with Crippen LogP contribution in [0.2, 0.25) is 0 Å². The molecule has 15 nitrogen and oxygen atoms in total. The number of benzene rings is 1. The summed E-state index contributed by atoms with van der Waals surface area (Å²) >= 11 is 0. The monoisotopic (exact) mass is 502 g/mol. The minimum atomic E-state index is -1.91. The third-order valence-corrected chi connectivity index (χ3v) is 5.15. The number of nitro benzene ring substituents is 1. The molecule has 0 bridgehead atoms. The van der Waals surface area contributed by atoms with E-state index in [1.807, 2.05) is 0 Å². The lowest BCUT2D eigenvalue weighted by Crippen LogP contribution is -2.45. The molecule has 1 aliphatic rings. The predicted molar refractivity (Wildman–Crippen MR) is 114 cm³/mol. The number of halogens is 1. The number of imidazole rings is 1. The number of aromatic nitrogens is 4. The van der Waals surface area contributed by atoms with Gasteiger partial charge in [-0.1, -0.05) is 5.92 Å². The fourth-order valence-corrected chi connectivity index (χ4v) is 3.52. The standard InChI is InChI=1S/C20H15FN6O9/c1-2-20(8-33-19(30)34-11-5-3-10(4-6-11)27(31)32)12(35-18(28)29)7-13(36-20)26-9-23-14-15(22)24-17(21)25-16(14)26/h1,3-6,9,12-13H,7-8H2,(H,28,29)(H2,22,24,25)/t12-,13+,20+/m0/s1. The number of terminal acetylenes is 1. The first-order valence-electron chi connectivity index (χ1n) is 9.91. The van der Waals surface area contributed by atoms with Crippen molar-refractivity contribution >= 4 is 35.0 Å². The van der Waals surface area contributed by atoms with Gasteiger partial charge in [-0.05, 0) is 12.1 Å². The Morgan fingerprint density at radius 1 is 1.39 bits per heavy atom. The molecule has 1 aromatic carbocycles. The Bertz CT molecular complexity index is 1390. The third kappa shape index (κ3) is 4.63. The van der Waals surface area contributed by atoms with Gasteiger partial charge in [0.2, 0.25) is 5.60 Å². The highest BCUT2D eigenvalue weighted by atomic mass is 19.1. The molecule has 16 heteroatoms. The van der Waals surface area contributed by atoms with Crippen molar-refractivity contribution in [3.8, 4) is 18.1 Å². The molecule has 36 heavy (non-hydrogen) atoms. The number of nitrogen functional groups attached to an aromatic ring is 1. The van der Waals surface area contributed by atoms with Gasteiger partial charge >= 0.3 is 18.4 Å². The quantitative estimate of drug-likeness (QED) is 0.124. The maximum Gasteiger partial charge on any atom is 0.513 e. The van der Waals surface area contributed by atoms with Crippen LogP contribution in [0.3, 0.4) is 0 Å². The summed E-state index contributed by atoms with van der Waals surface area (Å²) in [7, 11) is 0. The maximum atomic E-state index is 13.7. The van der Waals surface area contributed by atoms with Gasteiger partial charge in [0.15, 0.2) is 23.1 Å². The van der Waals surface area contributed by atoms with Crippen LogP contribution in [0.5, 0.6) is 5.75 Å². The van der Waals surface area contributed by atoms with Gasteiger partial charge in [-0.3, -0.25) is 14.7 Å². The second-order valence-electron chi connectivity index (χ2n) is 7.31. The Morgan fingerprint density at radius 3 is 2.75 bits per heavy atom. The van der Waals surface area contributed by atoms with Gasteiger partial charge < -0.3 is 29.8 Å². The zero-order chi connectivity index (χ0) is 26.0. The number of carbonyl (C=O) groups excluding carboxylic acids is 1. The molecular weight excluding hydrogens is 487 g/mol. The highest BCUT2D eigenvalue weighted by Crippen LogP contribution is 2.40. The molecule has 0 unspecified atom stereocenters. The lowest BCUT2D eigenvalue weighted by molar-refractivity contribution is -0.384. The second-order valence-corrected chi connectivity index (χ2v) is 7.31. The number of nitrogens with two attached hydrogens (primary N) is 1. The van der Waals surface area contributed by atoms with Crippen LogP contribution in [-0.4, -0.2) is 60.2 Å². The zero-order valence-corrected chi connectivity index (χ0v) is 17.9. The van der Waals surface area contributed by atoms with E-state index >= 15 is 0 Å². The molecule has 2 aromatic heterocycles. The predicted octanol–water partition coefficient (Wildman–Crippen LogP) is 2.03. The highest BCUT2D eigenvalue weighted by molar-refractivity contribution is 5.81. The average Bonchev–Trinajstić information content (AvgIpc) is 3.39. The average molecular weight is 502 g/mol. The van der Waals surface area contributed by atoms with Crippen LogP contribution in [-0.2, 0) is 14.2 Å². The van der Waals surface area contributed by atoms with Crippen LogP contribution in [0, 0.1) is 28.5 Å². The van der Waals surface area contributed by atoms with Gasteiger partial charge in [0.05, 0.1) is 11.3 Å². The van der Waals surface area contributed by atoms with Gasteiger partial charge in [-0.15, -0.1) is 6.42 Å². The van der Waals surface area contributed by atoms with Gasteiger partial charge in [-0.25, -0.2) is 14.6 Å². The number of carboxylic acid groups (broad SMARTS) is 1. The van der Waals surface area contributed by atoms with Crippen molar-refractivity contribution in [3.63, 3.8) is 0 Å². The largest absolute Gasteiger partial charge is 0.513 e. The van der Waals surface area contributed by atoms with Crippen LogP contribution in [0.25, 0.3) is 11.2 Å². The highest BCUT2D eigenvalue weighted by Gasteiger charge is 2.52. The molecule has 0 saturated carbocycles. The number of nitrogens with zero attached hydrogens (tertiary/aromatic N) is 5. The molecule has 186 valence electrons. The van der Waals surface area contributed by atoms with Crippen molar-refractivity contribution in [2.24, 2.45) is 0 Å². The first-order chi connectivity index (χ1) is 17.1. The third-order valence-electron chi connectivity index (χ3n) is 5.15. The Kier molecular flexibility index (Phi) is 6.23. The first kappa shape index (κ1) is 24.1. The fourth-order valence-electron chi connectivity index (χ4n) is 3.52. The van der Waals surface area contributed by atoms with Crippen molar-refractivity contribution in [2.45, 2.75) is 24.4 Å². The summed E-state index contributed by atoms with van der Waals surface area (Å²) in [6.45, 7) is -0.706. The van der Waals surface area contributed by atoms with Crippen molar-refractivity contribution in [3.05, 3.63) is 46.8 Å². The molecule has 1 saturated heterocycles. The lowest BCUT2D eigenvalue weighted by Gasteiger charge is -2.27. The number of rotatable bonds is 6. The summed E-state index contributed by atoms with van der Waals surface area (Å²) < 4.78 is 35.7. The van der Waals surface area contributed by atoms with E-state index in [0.29, 0.717) is 0 Å². The number of ether oxygens (including phenoxy) is 4. The SMILES string of the molecule is C#C[C@]1(COC(=O)Oc2ccc([N+](=O)[O-])cc2)O[C@@H](n2cnc3c(N)nc(F)nc32)C[C@@H]1OC(=O)O. The summed E-state index contributed by atoms with van der Waals surface area (Å²) in [5, 5.41) is 19.9. The molecule has 0 spiro atoms. The minimum Gasteiger partial charge on any atom is -0.450 e. The topological polar surface area (TPSA) is 204 Å². The lowest BCUT2D eigenvalue weighted by atomic mass is 9.98. The molecule has 0 aliphatic carbocycles. The fraction of sp³-hybridized carbons (Fsp3) is 0.250. The van der Waals surface area contributed by atoms with E-state index in [4.69, 9.17) is 36.2 Å². The van der Waals surface area contributed by atoms with Gasteiger partial charge in [0, 0.05) is 18.6 Å². The van der Waals surface area contributed by atoms with E-state index in [2.05, 4.69) is 20.9 Å². The van der Waals surface area contributed by atoms with E-state index in [-0.39, 0.29) is 34.8 Å². The van der Waals surface area contributed by atoms with Crippen molar-refractivity contribution in [2.75, 3.05) is 12.3 Å². The van der Waals surface area contributed by atoms with Crippen LogP contribution in [0.15, 0.2) is 30.6 Å². The smallest absolute Gasteiger partial charge is 0.450 e. The van der Waals surface area contributed by atoms with E-state index in [1.165, 1.54) is 23.0 Å². The normalized spacial score (nSPS) is 21.0. The number of non-ortho nitro benzene ring substituents is 1. The van der Waals surface area contributed by atoms with Crippen LogP contribution in [0.1, 0.15) is 12.6 Å². The Hall–Kier alpha value is -5.04. The number of carbonyl (C=O) groups is 2. The second kappa shape index (κ2) is 9.31. The Balaban J connectivity index is 1.53. The summed E-state index contributed by atoms with van der Waals surface area (Å²) in [5.41, 5.74) is 3.54. The number of hydrogen-bond donors (Lipinski definition) is 2. The molecule has 3 atom stereocenters. The molecular formula is C20H15FN6O9. The number of fused-ring (bicyclic) bond motifs is 1. The van der Waals surface area contributed by atoms with Crippen molar-refractivity contribution < 1.29 is 43.0 Å². The van der Waals surface area contributed by atoms with E-state index in [1.54, 1.807) is 0 Å². The molecule has 4 rings (SSSR count). The zero-order valence-electron chi connectivity index (χ0n) is 17.9. The summed E-state index contributed by atoms with van der Waals surface area (Å²) in [6, 6.07) is 4.57. The molecule has 0 amide bonds. The van der Waals surface area contributed by atoms with Crippen LogP contribution >= 0.6 is 0 Å². The molecule has 0 radical (unpaired) electrons. The number of nitro groups is 1. The first-order valence-corrected chi connectivity index (χ1v) is 9.91.